The summed E-state index contributed by atoms with van der Waals surface area (Å²) in [5, 5.41) is 5.43. The molecule has 5 nitrogen and oxygen atoms in total. The SMILES string of the molecule is CC1NC(=O)C(c2ccccc2)N(Cc2nccs2)C1=O. The molecule has 108 valence electrons. The smallest absolute Gasteiger partial charge is 0.248 e. The second kappa shape index (κ2) is 5.65. The zero-order chi connectivity index (χ0) is 14.8. The first-order valence-corrected chi connectivity index (χ1v) is 7.59. The Morgan fingerprint density at radius 2 is 2.05 bits per heavy atom. The molecule has 1 fully saturated rings. The van der Waals surface area contributed by atoms with Crippen molar-refractivity contribution in [3.8, 4) is 0 Å². The van der Waals surface area contributed by atoms with E-state index in [0.717, 1.165) is 10.6 Å². The standard InChI is InChI=1S/C15H15N3O2S/c1-10-15(20)18(9-12-16-7-8-21-12)13(14(19)17-10)11-5-3-2-4-6-11/h2-8,10,13H,9H2,1H3,(H,17,19). The third-order valence-corrected chi connectivity index (χ3v) is 4.24. The van der Waals surface area contributed by atoms with Gasteiger partial charge < -0.3 is 10.2 Å². The van der Waals surface area contributed by atoms with E-state index < -0.39 is 12.1 Å². The van der Waals surface area contributed by atoms with Crippen molar-refractivity contribution in [3.05, 3.63) is 52.5 Å². The molecular formula is C15H15N3O2S. The van der Waals surface area contributed by atoms with Gasteiger partial charge in [0.2, 0.25) is 11.8 Å². The van der Waals surface area contributed by atoms with Crippen LogP contribution < -0.4 is 5.32 Å². The summed E-state index contributed by atoms with van der Waals surface area (Å²) >= 11 is 1.48. The first-order valence-electron chi connectivity index (χ1n) is 6.71. The molecule has 1 saturated heterocycles. The normalized spacial score (nSPS) is 22.2. The first-order chi connectivity index (χ1) is 10.2. The van der Waals surface area contributed by atoms with Crippen molar-refractivity contribution in [2.75, 3.05) is 0 Å². The van der Waals surface area contributed by atoms with Gasteiger partial charge in [0.05, 0.1) is 6.54 Å². The van der Waals surface area contributed by atoms with Crippen LogP contribution >= 0.6 is 11.3 Å². The molecule has 1 aromatic carbocycles. The highest BCUT2D eigenvalue weighted by Gasteiger charge is 2.39. The zero-order valence-corrected chi connectivity index (χ0v) is 12.3. The van der Waals surface area contributed by atoms with E-state index in [9.17, 15) is 9.59 Å². The van der Waals surface area contributed by atoms with Crippen molar-refractivity contribution in [2.45, 2.75) is 25.6 Å². The average molecular weight is 301 g/mol. The molecular weight excluding hydrogens is 286 g/mol. The number of hydrogen-bond donors (Lipinski definition) is 1. The summed E-state index contributed by atoms with van der Waals surface area (Å²) in [5.74, 6) is -0.233. The van der Waals surface area contributed by atoms with Crippen molar-refractivity contribution in [2.24, 2.45) is 0 Å². The van der Waals surface area contributed by atoms with Gasteiger partial charge in [0.25, 0.3) is 0 Å². The lowest BCUT2D eigenvalue weighted by molar-refractivity contribution is -0.149. The number of amides is 2. The highest BCUT2D eigenvalue weighted by Crippen LogP contribution is 2.27. The van der Waals surface area contributed by atoms with Crippen LogP contribution in [-0.4, -0.2) is 27.7 Å². The number of nitrogens with one attached hydrogen (secondary N) is 1. The van der Waals surface area contributed by atoms with Crippen molar-refractivity contribution < 1.29 is 9.59 Å². The summed E-state index contributed by atoms with van der Waals surface area (Å²) in [5.41, 5.74) is 0.812. The largest absolute Gasteiger partial charge is 0.342 e. The van der Waals surface area contributed by atoms with Crippen LogP contribution in [0.4, 0.5) is 0 Å². The van der Waals surface area contributed by atoms with Gasteiger partial charge in [-0.25, -0.2) is 4.98 Å². The number of nitrogens with zero attached hydrogens (tertiary/aromatic N) is 2. The molecule has 2 aromatic rings. The second-order valence-electron chi connectivity index (χ2n) is 4.94. The van der Waals surface area contributed by atoms with E-state index in [1.807, 2.05) is 35.7 Å². The molecule has 0 aliphatic carbocycles. The van der Waals surface area contributed by atoms with Gasteiger partial charge in [0.15, 0.2) is 0 Å². The van der Waals surface area contributed by atoms with E-state index >= 15 is 0 Å². The molecule has 6 heteroatoms. The van der Waals surface area contributed by atoms with Crippen molar-refractivity contribution in [1.82, 2.24) is 15.2 Å². The molecule has 21 heavy (non-hydrogen) atoms. The van der Waals surface area contributed by atoms with Crippen LogP contribution in [0.3, 0.4) is 0 Å². The van der Waals surface area contributed by atoms with E-state index in [2.05, 4.69) is 10.3 Å². The number of thiazole rings is 1. The predicted octanol–water partition coefficient (Wildman–Crippen LogP) is 1.73. The van der Waals surface area contributed by atoms with E-state index in [1.54, 1.807) is 18.0 Å². The van der Waals surface area contributed by atoms with Crippen LogP contribution in [0.2, 0.25) is 0 Å². The van der Waals surface area contributed by atoms with Gasteiger partial charge >= 0.3 is 0 Å². The topological polar surface area (TPSA) is 62.3 Å². The molecule has 2 unspecified atom stereocenters. The molecule has 0 radical (unpaired) electrons. The van der Waals surface area contributed by atoms with Crippen molar-refractivity contribution in [1.29, 1.82) is 0 Å². The van der Waals surface area contributed by atoms with Crippen LogP contribution in [0, 0.1) is 0 Å². The highest BCUT2D eigenvalue weighted by atomic mass is 32.1. The Labute approximate surface area is 126 Å². The molecule has 2 amide bonds. The molecule has 0 saturated carbocycles. The van der Waals surface area contributed by atoms with E-state index in [-0.39, 0.29) is 11.8 Å². The molecule has 0 bridgehead atoms. The Morgan fingerprint density at radius 3 is 2.71 bits per heavy atom. The van der Waals surface area contributed by atoms with Crippen LogP contribution in [-0.2, 0) is 16.1 Å². The first kappa shape index (κ1) is 13.8. The minimum absolute atomic E-state index is 0.0846. The van der Waals surface area contributed by atoms with E-state index in [0.29, 0.717) is 6.54 Å². The van der Waals surface area contributed by atoms with Crippen molar-refractivity contribution >= 4 is 23.2 Å². The lowest BCUT2D eigenvalue weighted by atomic mass is 10.00. The zero-order valence-electron chi connectivity index (χ0n) is 11.5. The number of aromatic nitrogens is 1. The van der Waals surface area contributed by atoms with Gasteiger partial charge in [-0.15, -0.1) is 11.3 Å². The predicted molar refractivity (Wildman–Crippen MR) is 79.5 cm³/mol. The van der Waals surface area contributed by atoms with E-state index in [1.165, 1.54) is 11.3 Å². The Balaban J connectivity index is 1.96. The highest BCUT2D eigenvalue weighted by molar-refractivity contribution is 7.09. The number of benzene rings is 1. The van der Waals surface area contributed by atoms with Crippen LogP contribution in [0.25, 0.3) is 0 Å². The maximum Gasteiger partial charge on any atom is 0.248 e. The Hall–Kier alpha value is -2.21. The van der Waals surface area contributed by atoms with Crippen molar-refractivity contribution in [3.63, 3.8) is 0 Å². The van der Waals surface area contributed by atoms with Gasteiger partial charge in [0, 0.05) is 11.6 Å². The fourth-order valence-corrected chi connectivity index (χ4v) is 3.10. The Bertz CT molecular complexity index is 642. The molecule has 1 aliphatic rings. The van der Waals surface area contributed by atoms with Gasteiger partial charge in [-0.2, -0.15) is 0 Å². The second-order valence-corrected chi connectivity index (χ2v) is 5.91. The molecule has 1 aromatic heterocycles. The molecule has 3 rings (SSSR count). The lowest BCUT2D eigenvalue weighted by Gasteiger charge is -2.37. The molecule has 0 spiro atoms. The molecule has 1 aliphatic heterocycles. The van der Waals surface area contributed by atoms with E-state index in [4.69, 9.17) is 0 Å². The minimum atomic E-state index is -0.598. The third kappa shape index (κ3) is 2.67. The average Bonchev–Trinajstić information content (AvgIpc) is 2.98. The summed E-state index contributed by atoms with van der Waals surface area (Å²) in [4.78, 5) is 30.7. The number of rotatable bonds is 3. The lowest BCUT2D eigenvalue weighted by Crippen LogP contribution is -2.57. The summed E-state index contributed by atoms with van der Waals surface area (Å²) < 4.78 is 0. The monoisotopic (exact) mass is 301 g/mol. The fraction of sp³-hybridized carbons (Fsp3) is 0.267. The molecule has 2 heterocycles. The summed E-state index contributed by atoms with van der Waals surface area (Å²) in [6, 6.07) is 8.25. The van der Waals surface area contributed by atoms with Gasteiger partial charge in [0.1, 0.15) is 17.1 Å². The van der Waals surface area contributed by atoms with Crippen LogP contribution in [0.5, 0.6) is 0 Å². The third-order valence-electron chi connectivity index (χ3n) is 3.48. The fourth-order valence-electron chi connectivity index (χ4n) is 2.48. The number of piperazine rings is 1. The maximum atomic E-state index is 12.5. The Morgan fingerprint density at radius 1 is 1.29 bits per heavy atom. The van der Waals surface area contributed by atoms with Gasteiger partial charge in [-0.3, -0.25) is 9.59 Å². The summed E-state index contributed by atoms with van der Waals surface area (Å²) in [7, 11) is 0. The van der Waals surface area contributed by atoms with Gasteiger partial charge in [-0.05, 0) is 12.5 Å². The minimum Gasteiger partial charge on any atom is -0.342 e. The summed E-state index contributed by atoms with van der Waals surface area (Å²) in [6.45, 7) is 2.06. The summed E-state index contributed by atoms with van der Waals surface area (Å²) in [6.07, 6.45) is 1.70. The molecule has 1 N–H and O–H groups in total. The number of hydrogen-bond acceptors (Lipinski definition) is 4. The Kier molecular flexibility index (Phi) is 3.70. The molecule has 2 atom stereocenters. The van der Waals surface area contributed by atoms with Crippen LogP contribution in [0.15, 0.2) is 41.9 Å². The van der Waals surface area contributed by atoms with Gasteiger partial charge in [-0.1, -0.05) is 30.3 Å². The van der Waals surface area contributed by atoms with Crippen LogP contribution in [0.1, 0.15) is 23.5 Å². The number of carbonyl (C=O) groups is 2. The maximum absolute atomic E-state index is 12.5. The quantitative estimate of drug-likeness (QED) is 0.939. The number of carbonyl (C=O) groups excluding carboxylic acids is 2.